The lowest BCUT2D eigenvalue weighted by Crippen LogP contribution is -2.31. The highest BCUT2D eigenvalue weighted by Crippen LogP contribution is 2.39. The van der Waals surface area contributed by atoms with Crippen LogP contribution in [0.1, 0.15) is 0 Å². The number of ether oxygens (including phenoxy) is 4. The van der Waals surface area contributed by atoms with Crippen LogP contribution in [0.5, 0.6) is 17.2 Å². The predicted molar refractivity (Wildman–Crippen MR) is 92.4 cm³/mol. The van der Waals surface area contributed by atoms with Crippen molar-refractivity contribution < 1.29 is 33.6 Å². The van der Waals surface area contributed by atoms with Crippen LogP contribution in [0.3, 0.4) is 0 Å². The van der Waals surface area contributed by atoms with Gasteiger partial charge in [0.1, 0.15) is 11.4 Å². The minimum absolute atomic E-state index is 0.0456. The summed E-state index contributed by atoms with van der Waals surface area (Å²) >= 11 is 0. The zero-order chi connectivity index (χ0) is 19.3. The van der Waals surface area contributed by atoms with Gasteiger partial charge in [0.2, 0.25) is 0 Å². The molecule has 1 aromatic rings. The summed E-state index contributed by atoms with van der Waals surface area (Å²) in [6, 6.07) is 3.20. The lowest BCUT2D eigenvalue weighted by atomic mass is 10.2. The van der Waals surface area contributed by atoms with Gasteiger partial charge in [-0.1, -0.05) is 0 Å². The first-order valence-electron chi connectivity index (χ1n) is 7.79. The molecule has 0 saturated heterocycles. The van der Waals surface area contributed by atoms with E-state index in [1.165, 1.54) is 33.3 Å². The Balaban J connectivity index is 2.46. The number of carbonyl (C=O) groups excluding carboxylic acids is 2. The molecule has 0 atom stereocenters. The molecule has 0 saturated carbocycles. The van der Waals surface area contributed by atoms with E-state index in [2.05, 4.69) is 5.32 Å². The molecule has 9 heteroatoms. The molecule has 9 nitrogen and oxygen atoms in total. The second-order valence-corrected chi connectivity index (χ2v) is 5.33. The largest absolute Gasteiger partial charge is 0.494 e. The Kier molecular flexibility index (Phi) is 6.29. The number of carbonyl (C=O) groups is 2. The van der Waals surface area contributed by atoms with E-state index in [-0.39, 0.29) is 31.0 Å². The molecule has 1 aliphatic rings. The van der Waals surface area contributed by atoms with Crippen LogP contribution < -0.4 is 19.5 Å². The molecule has 0 aromatic heterocycles. The highest BCUT2D eigenvalue weighted by atomic mass is 16.5. The van der Waals surface area contributed by atoms with Crippen LogP contribution >= 0.6 is 0 Å². The average Bonchev–Trinajstić information content (AvgIpc) is 2.97. The Hall–Kier alpha value is -2.94. The van der Waals surface area contributed by atoms with Crippen LogP contribution in [0.15, 0.2) is 23.4 Å². The van der Waals surface area contributed by atoms with Crippen LogP contribution in [0.25, 0.3) is 0 Å². The number of benzene rings is 1. The Labute approximate surface area is 151 Å². The van der Waals surface area contributed by atoms with Gasteiger partial charge in [-0.15, -0.1) is 0 Å². The highest BCUT2D eigenvalue weighted by Gasteiger charge is 2.35. The van der Waals surface area contributed by atoms with Crippen molar-refractivity contribution in [1.29, 1.82) is 0 Å². The Bertz CT molecular complexity index is 730. The number of aliphatic hydroxyl groups excluding tert-OH is 1. The molecule has 0 bridgehead atoms. The van der Waals surface area contributed by atoms with Crippen molar-refractivity contribution in [3.8, 4) is 17.2 Å². The van der Waals surface area contributed by atoms with E-state index in [1.54, 1.807) is 12.1 Å². The number of β-amino-alcohol motifs (C(OH)–C–C–N with tert-alkyl or cyclic N) is 1. The molecule has 0 spiro atoms. The summed E-state index contributed by atoms with van der Waals surface area (Å²) in [4.78, 5) is 26.0. The molecule has 26 heavy (non-hydrogen) atoms. The maximum atomic E-state index is 12.6. The van der Waals surface area contributed by atoms with Gasteiger partial charge in [-0.2, -0.15) is 0 Å². The summed E-state index contributed by atoms with van der Waals surface area (Å²) in [5, 5.41) is 12.0. The first kappa shape index (κ1) is 19.4. The molecule has 1 aromatic carbocycles. The standard InChI is InChI=1S/C17H22N2O7/c1-23-12-8-14(25-3)13(24-2)7-11(12)18-15-10(17(22)26-4)9-19(5-6-20)16(15)21/h7-8,18,20H,5-6,9H2,1-4H3. The van der Waals surface area contributed by atoms with Crippen molar-refractivity contribution >= 4 is 17.6 Å². The van der Waals surface area contributed by atoms with Gasteiger partial charge in [0.15, 0.2) is 11.5 Å². The molecule has 0 aliphatic carbocycles. The molecule has 0 unspecified atom stereocenters. The number of hydrogen-bond donors (Lipinski definition) is 2. The zero-order valence-corrected chi connectivity index (χ0v) is 15.1. The predicted octanol–water partition coefficient (Wildman–Crippen LogP) is 0.386. The normalized spacial score (nSPS) is 13.7. The van der Waals surface area contributed by atoms with E-state index in [9.17, 15) is 9.59 Å². The number of anilines is 1. The third-order valence-electron chi connectivity index (χ3n) is 3.92. The summed E-state index contributed by atoms with van der Waals surface area (Å²) in [5.41, 5.74) is 0.652. The van der Waals surface area contributed by atoms with E-state index in [1.807, 2.05) is 0 Å². The van der Waals surface area contributed by atoms with Crippen LogP contribution in [0.2, 0.25) is 0 Å². The van der Waals surface area contributed by atoms with Gasteiger partial charge in [-0.25, -0.2) is 4.79 Å². The van der Waals surface area contributed by atoms with Crippen molar-refractivity contribution in [2.24, 2.45) is 0 Å². The van der Waals surface area contributed by atoms with Gasteiger partial charge < -0.3 is 34.3 Å². The average molecular weight is 366 g/mol. The molecule has 1 heterocycles. The highest BCUT2D eigenvalue weighted by molar-refractivity contribution is 6.08. The van der Waals surface area contributed by atoms with Crippen LogP contribution in [-0.4, -0.2) is 70.0 Å². The van der Waals surface area contributed by atoms with Gasteiger partial charge >= 0.3 is 5.97 Å². The molecule has 0 radical (unpaired) electrons. The molecular formula is C17H22N2O7. The number of methoxy groups -OCH3 is 4. The van der Waals surface area contributed by atoms with Gasteiger partial charge in [0.05, 0.1) is 52.9 Å². The number of nitrogens with zero attached hydrogens (tertiary/aromatic N) is 1. The monoisotopic (exact) mass is 366 g/mol. The second kappa shape index (κ2) is 8.43. The second-order valence-electron chi connectivity index (χ2n) is 5.33. The number of hydrogen-bond acceptors (Lipinski definition) is 8. The van der Waals surface area contributed by atoms with Crippen molar-refractivity contribution in [1.82, 2.24) is 4.90 Å². The van der Waals surface area contributed by atoms with Crippen molar-refractivity contribution in [2.75, 3.05) is 53.5 Å². The molecule has 1 aliphatic heterocycles. The van der Waals surface area contributed by atoms with E-state index in [0.717, 1.165) is 0 Å². The first-order valence-corrected chi connectivity index (χ1v) is 7.79. The van der Waals surface area contributed by atoms with Crippen LogP contribution in [0.4, 0.5) is 5.69 Å². The quantitative estimate of drug-likeness (QED) is 0.636. The van der Waals surface area contributed by atoms with E-state index in [4.69, 9.17) is 24.1 Å². The third kappa shape index (κ3) is 3.67. The molecule has 1 amide bonds. The van der Waals surface area contributed by atoms with E-state index in [0.29, 0.717) is 22.9 Å². The smallest absolute Gasteiger partial charge is 0.337 e. The van der Waals surface area contributed by atoms with Crippen molar-refractivity contribution in [2.45, 2.75) is 0 Å². The number of aliphatic hydroxyl groups is 1. The molecule has 2 rings (SSSR count). The maximum absolute atomic E-state index is 12.6. The first-order chi connectivity index (χ1) is 12.5. The Morgan fingerprint density at radius 2 is 1.73 bits per heavy atom. The Morgan fingerprint density at radius 1 is 1.12 bits per heavy atom. The SMILES string of the molecule is COC(=O)C1=C(Nc2cc(OC)c(OC)cc2OC)C(=O)N(CCO)C1. The van der Waals surface area contributed by atoms with Gasteiger partial charge in [-0.3, -0.25) is 4.79 Å². The van der Waals surface area contributed by atoms with Crippen molar-refractivity contribution in [3.63, 3.8) is 0 Å². The zero-order valence-electron chi connectivity index (χ0n) is 15.1. The summed E-state index contributed by atoms with van der Waals surface area (Å²) in [6.07, 6.45) is 0. The summed E-state index contributed by atoms with van der Waals surface area (Å²) < 4.78 is 20.6. The molecule has 142 valence electrons. The minimum Gasteiger partial charge on any atom is -0.494 e. The fraction of sp³-hybridized carbons (Fsp3) is 0.412. The minimum atomic E-state index is -0.624. The lowest BCUT2D eigenvalue weighted by Gasteiger charge is -2.17. The number of rotatable bonds is 8. The summed E-state index contributed by atoms with van der Waals surface area (Å²) in [6.45, 7) is -0.0647. The summed E-state index contributed by atoms with van der Waals surface area (Å²) in [5.74, 6) is 0.232. The Morgan fingerprint density at radius 3 is 2.27 bits per heavy atom. The van der Waals surface area contributed by atoms with E-state index < -0.39 is 11.9 Å². The maximum Gasteiger partial charge on any atom is 0.337 e. The molecule has 2 N–H and O–H groups in total. The van der Waals surface area contributed by atoms with Crippen LogP contribution in [0, 0.1) is 0 Å². The number of nitrogens with one attached hydrogen (secondary N) is 1. The van der Waals surface area contributed by atoms with Gasteiger partial charge in [0.25, 0.3) is 5.91 Å². The lowest BCUT2D eigenvalue weighted by molar-refractivity contribution is -0.136. The fourth-order valence-corrected chi connectivity index (χ4v) is 2.61. The summed E-state index contributed by atoms with van der Waals surface area (Å²) in [7, 11) is 5.69. The fourth-order valence-electron chi connectivity index (χ4n) is 2.61. The van der Waals surface area contributed by atoms with Crippen LogP contribution in [-0.2, 0) is 14.3 Å². The van der Waals surface area contributed by atoms with Gasteiger partial charge in [-0.05, 0) is 0 Å². The number of esters is 1. The topological polar surface area (TPSA) is 107 Å². The van der Waals surface area contributed by atoms with Crippen molar-refractivity contribution in [3.05, 3.63) is 23.4 Å². The third-order valence-corrected chi connectivity index (χ3v) is 3.92. The molecule has 0 fully saturated rings. The molecular weight excluding hydrogens is 344 g/mol. The number of amides is 1. The van der Waals surface area contributed by atoms with Gasteiger partial charge in [0, 0.05) is 18.7 Å². The van der Waals surface area contributed by atoms with E-state index >= 15 is 0 Å².